The topological polar surface area (TPSA) is 118 Å². The number of primary amides is 1. The lowest BCUT2D eigenvalue weighted by Gasteiger charge is -2.13. The molecule has 2 amide bonds. The van der Waals surface area contributed by atoms with Gasteiger partial charge in [-0.05, 0) is 52.3 Å². The molecule has 0 bridgehead atoms. The smallest absolute Gasteiger partial charge is 0.261 e. The molecular weight excluding hydrogens is 434 g/mol. The monoisotopic (exact) mass is 445 g/mol. The van der Waals surface area contributed by atoms with E-state index in [1.54, 1.807) is 0 Å². The van der Waals surface area contributed by atoms with Crippen molar-refractivity contribution in [2.45, 2.75) is 11.8 Å². The summed E-state index contributed by atoms with van der Waals surface area (Å²) in [6.07, 6.45) is 0. The van der Waals surface area contributed by atoms with Crippen molar-refractivity contribution < 1.29 is 18.0 Å². The van der Waals surface area contributed by atoms with Crippen molar-refractivity contribution in [3.8, 4) is 0 Å². The third-order valence-electron chi connectivity index (χ3n) is 3.05. The minimum atomic E-state index is -4.01. The van der Waals surface area contributed by atoms with Crippen LogP contribution < -0.4 is 15.8 Å². The van der Waals surface area contributed by atoms with Gasteiger partial charge in [0.1, 0.15) is 0 Å². The maximum atomic E-state index is 12.6. The molecule has 0 spiro atoms. The van der Waals surface area contributed by atoms with Gasteiger partial charge in [-0.2, -0.15) is 0 Å². The Morgan fingerprint density at radius 3 is 2.36 bits per heavy atom. The maximum absolute atomic E-state index is 12.6. The fourth-order valence-electron chi connectivity index (χ4n) is 1.97. The minimum Gasteiger partial charge on any atom is -0.366 e. The van der Waals surface area contributed by atoms with Gasteiger partial charge >= 0.3 is 0 Å². The number of halogens is 2. The molecule has 2 rings (SSSR count). The molecule has 0 atom stereocenters. The van der Waals surface area contributed by atoms with Crippen LogP contribution in [0.25, 0.3) is 0 Å². The molecule has 2 aromatic carbocycles. The Balaban J connectivity index is 2.40. The second kappa shape index (κ2) is 7.42. The van der Waals surface area contributed by atoms with E-state index < -0.39 is 15.9 Å². The zero-order valence-electron chi connectivity index (χ0n) is 12.8. The van der Waals surface area contributed by atoms with E-state index in [1.807, 2.05) is 0 Å². The first-order valence-electron chi connectivity index (χ1n) is 6.79. The molecule has 0 saturated heterocycles. The molecular formula is C15H13BrClN3O4S. The van der Waals surface area contributed by atoms with Crippen molar-refractivity contribution in [1.82, 2.24) is 0 Å². The highest BCUT2D eigenvalue weighted by Gasteiger charge is 2.19. The van der Waals surface area contributed by atoms with Crippen molar-refractivity contribution in [3.63, 3.8) is 0 Å². The minimum absolute atomic E-state index is 0.0121. The molecule has 0 aliphatic heterocycles. The molecule has 0 unspecified atom stereocenters. The number of carbonyl (C=O) groups excluding carboxylic acids is 2. The van der Waals surface area contributed by atoms with Crippen LogP contribution in [0.15, 0.2) is 45.8 Å². The largest absolute Gasteiger partial charge is 0.366 e. The Labute approximate surface area is 157 Å². The average Bonchev–Trinajstić information content (AvgIpc) is 2.48. The zero-order chi connectivity index (χ0) is 18.8. The first-order valence-corrected chi connectivity index (χ1v) is 9.45. The molecule has 0 aliphatic carbocycles. The number of nitrogens with two attached hydrogens (primary N) is 1. The molecule has 4 N–H and O–H groups in total. The van der Waals surface area contributed by atoms with Crippen LogP contribution in [0.5, 0.6) is 0 Å². The quantitative estimate of drug-likeness (QED) is 0.654. The molecule has 0 aromatic heterocycles. The number of hydrogen-bond acceptors (Lipinski definition) is 4. The fraction of sp³-hybridized carbons (Fsp3) is 0.0667. The highest BCUT2D eigenvalue weighted by atomic mass is 79.9. The van der Waals surface area contributed by atoms with Crippen LogP contribution in [0.1, 0.15) is 17.3 Å². The van der Waals surface area contributed by atoms with Crippen molar-refractivity contribution >= 4 is 60.7 Å². The van der Waals surface area contributed by atoms with Gasteiger partial charge in [0, 0.05) is 16.4 Å². The van der Waals surface area contributed by atoms with E-state index in [-0.39, 0.29) is 27.1 Å². The van der Waals surface area contributed by atoms with Crippen molar-refractivity contribution in [3.05, 3.63) is 51.5 Å². The van der Waals surface area contributed by atoms with E-state index in [4.69, 9.17) is 17.3 Å². The number of carbonyl (C=O) groups is 2. The molecule has 0 heterocycles. The van der Waals surface area contributed by atoms with Crippen molar-refractivity contribution in [2.75, 3.05) is 10.0 Å². The normalized spacial score (nSPS) is 11.0. The van der Waals surface area contributed by atoms with E-state index in [9.17, 15) is 18.0 Å². The van der Waals surface area contributed by atoms with Crippen LogP contribution in [0, 0.1) is 0 Å². The highest BCUT2D eigenvalue weighted by Crippen LogP contribution is 2.28. The third kappa shape index (κ3) is 4.71. The summed E-state index contributed by atoms with van der Waals surface area (Å²) in [7, 11) is -4.01. The molecule has 0 radical (unpaired) electrons. The molecule has 0 saturated carbocycles. The predicted molar refractivity (Wildman–Crippen MR) is 99.2 cm³/mol. The van der Waals surface area contributed by atoms with E-state index >= 15 is 0 Å². The Morgan fingerprint density at radius 1 is 1.12 bits per heavy atom. The van der Waals surface area contributed by atoms with Gasteiger partial charge in [-0.3, -0.25) is 14.3 Å². The summed E-state index contributed by atoms with van der Waals surface area (Å²) in [6, 6.07) is 8.12. The average molecular weight is 447 g/mol. The second-order valence-electron chi connectivity index (χ2n) is 4.98. The lowest BCUT2D eigenvalue weighted by Crippen LogP contribution is -2.19. The summed E-state index contributed by atoms with van der Waals surface area (Å²) in [4.78, 5) is 22.5. The lowest BCUT2D eigenvalue weighted by atomic mass is 10.2. The summed E-state index contributed by atoms with van der Waals surface area (Å²) in [5, 5.41) is 2.79. The van der Waals surface area contributed by atoms with Crippen LogP contribution in [0.2, 0.25) is 5.02 Å². The van der Waals surface area contributed by atoms with Gasteiger partial charge in [-0.15, -0.1) is 0 Å². The van der Waals surface area contributed by atoms with Crippen LogP contribution in [-0.4, -0.2) is 20.2 Å². The molecule has 10 heteroatoms. The summed E-state index contributed by atoms with van der Waals surface area (Å²) in [6.45, 7) is 1.34. The van der Waals surface area contributed by atoms with Gasteiger partial charge in [-0.25, -0.2) is 8.42 Å². The molecule has 2 aromatic rings. The van der Waals surface area contributed by atoms with Gasteiger partial charge in [0.25, 0.3) is 15.9 Å². The van der Waals surface area contributed by atoms with Gasteiger partial charge < -0.3 is 11.1 Å². The lowest BCUT2D eigenvalue weighted by molar-refractivity contribution is -0.114. The molecule has 7 nitrogen and oxygen atoms in total. The maximum Gasteiger partial charge on any atom is 0.261 e. The van der Waals surface area contributed by atoms with Crippen LogP contribution >= 0.6 is 27.5 Å². The van der Waals surface area contributed by atoms with Gasteiger partial charge in [0.05, 0.1) is 21.8 Å². The van der Waals surface area contributed by atoms with E-state index in [2.05, 4.69) is 26.0 Å². The zero-order valence-corrected chi connectivity index (χ0v) is 16.0. The third-order valence-corrected chi connectivity index (χ3v) is 5.31. The molecule has 132 valence electrons. The Kier molecular flexibility index (Phi) is 5.71. The summed E-state index contributed by atoms with van der Waals surface area (Å²) in [5.74, 6) is -1.09. The number of rotatable bonds is 5. The van der Waals surface area contributed by atoms with E-state index in [0.717, 1.165) is 0 Å². The van der Waals surface area contributed by atoms with E-state index in [1.165, 1.54) is 43.3 Å². The first-order chi connectivity index (χ1) is 11.6. The van der Waals surface area contributed by atoms with Crippen molar-refractivity contribution in [2.24, 2.45) is 5.73 Å². The Morgan fingerprint density at radius 2 is 1.80 bits per heavy atom. The first kappa shape index (κ1) is 19.2. The summed E-state index contributed by atoms with van der Waals surface area (Å²) >= 11 is 9.06. The number of anilines is 2. The van der Waals surface area contributed by atoms with Gasteiger partial charge in [0.15, 0.2) is 0 Å². The Bertz CT molecular complexity index is 963. The SMILES string of the molecule is CC(=O)Nc1ccc(S(=O)(=O)Nc2cc(Cl)ccc2C(N)=O)cc1Br. The Hall–Kier alpha value is -2.10. The number of benzene rings is 2. The van der Waals surface area contributed by atoms with Crippen LogP contribution in [0.4, 0.5) is 11.4 Å². The number of hydrogen-bond donors (Lipinski definition) is 3. The predicted octanol–water partition coefficient (Wildman–Crippen LogP) is 2.96. The number of sulfonamides is 1. The van der Waals surface area contributed by atoms with Crippen molar-refractivity contribution in [1.29, 1.82) is 0 Å². The van der Waals surface area contributed by atoms with Gasteiger partial charge in [-0.1, -0.05) is 11.6 Å². The summed E-state index contributed by atoms with van der Waals surface area (Å²) < 4.78 is 27.8. The number of nitrogens with one attached hydrogen (secondary N) is 2. The van der Waals surface area contributed by atoms with Crippen LogP contribution in [-0.2, 0) is 14.8 Å². The summed E-state index contributed by atoms with van der Waals surface area (Å²) in [5.41, 5.74) is 5.63. The second-order valence-corrected chi connectivity index (χ2v) is 7.96. The van der Waals surface area contributed by atoms with E-state index in [0.29, 0.717) is 10.2 Å². The molecule has 0 fully saturated rings. The molecule has 25 heavy (non-hydrogen) atoms. The highest BCUT2D eigenvalue weighted by molar-refractivity contribution is 9.10. The van der Waals surface area contributed by atoms with Gasteiger partial charge in [0.2, 0.25) is 5.91 Å². The fourth-order valence-corrected chi connectivity index (χ4v) is 3.87. The van der Waals surface area contributed by atoms with Crippen LogP contribution in [0.3, 0.4) is 0 Å². The number of amides is 2. The molecule has 0 aliphatic rings. The standard InChI is InChI=1S/C15H13BrClN3O4S/c1-8(21)19-13-5-3-10(7-12(13)16)25(23,24)20-14-6-9(17)2-4-11(14)15(18)22/h2-7,20H,1H3,(H2,18,22)(H,19,21).